The van der Waals surface area contributed by atoms with Crippen LogP contribution in [0.3, 0.4) is 0 Å². The van der Waals surface area contributed by atoms with Crippen molar-refractivity contribution in [2.24, 2.45) is 23.7 Å². The van der Waals surface area contributed by atoms with E-state index in [1.165, 1.54) is 44.2 Å². The van der Waals surface area contributed by atoms with Gasteiger partial charge in [-0.15, -0.1) is 0 Å². The molecule has 2 aliphatic rings. The largest absolute Gasteiger partial charge is 0.426 e. The van der Waals surface area contributed by atoms with Crippen molar-refractivity contribution < 1.29 is 22.7 Å². The van der Waals surface area contributed by atoms with E-state index in [2.05, 4.69) is 6.92 Å². The molecular formula is C22H29F3O2. The molecule has 0 aliphatic heterocycles. The summed E-state index contributed by atoms with van der Waals surface area (Å²) < 4.78 is 43.1. The third kappa shape index (κ3) is 5.26. The molecular weight excluding hydrogens is 353 g/mol. The second-order valence-electron chi connectivity index (χ2n) is 8.24. The van der Waals surface area contributed by atoms with Gasteiger partial charge in [0.1, 0.15) is 5.75 Å². The molecule has 0 N–H and O–H groups in total. The van der Waals surface area contributed by atoms with Crippen LogP contribution in [-0.2, 0) is 11.0 Å². The van der Waals surface area contributed by atoms with Crippen molar-refractivity contribution in [1.29, 1.82) is 0 Å². The van der Waals surface area contributed by atoms with E-state index in [1.54, 1.807) is 0 Å². The van der Waals surface area contributed by atoms with Crippen LogP contribution >= 0.6 is 0 Å². The van der Waals surface area contributed by atoms with E-state index < -0.39 is 11.7 Å². The fourth-order valence-corrected chi connectivity index (χ4v) is 4.81. The molecule has 150 valence electrons. The molecule has 0 spiro atoms. The number of carbonyl (C=O) groups excluding carboxylic acids is 1. The highest BCUT2D eigenvalue weighted by Crippen LogP contribution is 2.42. The average molecular weight is 382 g/mol. The van der Waals surface area contributed by atoms with Gasteiger partial charge in [-0.1, -0.05) is 26.2 Å². The lowest BCUT2D eigenvalue weighted by Crippen LogP contribution is -2.30. The van der Waals surface area contributed by atoms with E-state index in [1.807, 2.05) is 0 Å². The van der Waals surface area contributed by atoms with Gasteiger partial charge < -0.3 is 4.74 Å². The van der Waals surface area contributed by atoms with Gasteiger partial charge in [-0.3, -0.25) is 4.79 Å². The minimum atomic E-state index is -4.38. The maximum atomic E-state index is 12.6. The third-order valence-corrected chi connectivity index (χ3v) is 6.64. The quantitative estimate of drug-likeness (QED) is 0.431. The summed E-state index contributed by atoms with van der Waals surface area (Å²) in [6.45, 7) is 2.28. The Kier molecular flexibility index (Phi) is 6.48. The molecule has 2 nitrogen and oxygen atoms in total. The van der Waals surface area contributed by atoms with Gasteiger partial charge >= 0.3 is 12.1 Å². The number of benzene rings is 1. The molecule has 0 saturated heterocycles. The minimum absolute atomic E-state index is 0.129. The smallest absolute Gasteiger partial charge is 0.416 e. The fourth-order valence-electron chi connectivity index (χ4n) is 4.81. The Labute approximate surface area is 159 Å². The Hall–Kier alpha value is -1.52. The zero-order chi connectivity index (χ0) is 19.4. The van der Waals surface area contributed by atoms with Crippen LogP contribution in [0.15, 0.2) is 24.3 Å². The van der Waals surface area contributed by atoms with E-state index in [9.17, 15) is 18.0 Å². The normalized spacial score (nSPS) is 29.3. The summed E-state index contributed by atoms with van der Waals surface area (Å²) in [6, 6.07) is 4.34. The summed E-state index contributed by atoms with van der Waals surface area (Å²) in [5, 5.41) is 0. The standard InChI is InChI=1S/C22H29F3O2/c1-2-15-3-5-16(6-4-15)17-7-9-18(10-8-17)21(26)27-20-13-11-19(12-14-20)22(23,24)25/h11-18H,2-10H2,1H3/t15-,16-,17-,18-. The fraction of sp³-hybridized carbons (Fsp3) is 0.682. The predicted octanol–water partition coefficient (Wildman–Crippen LogP) is 6.63. The highest BCUT2D eigenvalue weighted by atomic mass is 19.4. The number of hydrogen-bond donors (Lipinski definition) is 0. The molecule has 27 heavy (non-hydrogen) atoms. The van der Waals surface area contributed by atoms with Crippen LogP contribution in [0.5, 0.6) is 5.75 Å². The first-order chi connectivity index (χ1) is 12.9. The first kappa shape index (κ1) is 20.2. The van der Waals surface area contributed by atoms with Crippen molar-refractivity contribution in [1.82, 2.24) is 0 Å². The van der Waals surface area contributed by atoms with E-state index in [0.29, 0.717) is 0 Å². The first-order valence-corrected chi connectivity index (χ1v) is 10.3. The number of rotatable bonds is 4. The molecule has 2 saturated carbocycles. The molecule has 2 aliphatic carbocycles. The van der Waals surface area contributed by atoms with E-state index in [0.717, 1.165) is 55.6 Å². The summed E-state index contributed by atoms with van der Waals surface area (Å²) in [6.07, 6.45) is 6.03. The second-order valence-corrected chi connectivity index (χ2v) is 8.24. The van der Waals surface area contributed by atoms with Crippen LogP contribution in [0, 0.1) is 23.7 Å². The number of alkyl halides is 3. The van der Waals surface area contributed by atoms with Crippen molar-refractivity contribution in [3.8, 4) is 5.75 Å². The Morgan fingerprint density at radius 1 is 0.926 bits per heavy atom. The number of ether oxygens (including phenoxy) is 1. The van der Waals surface area contributed by atoms with Gasteiger partial charge in [-0.25, -0.2) is 0 Å². The van der Waals surface area contributed by atoms with Crippen LogP contribution < -0.4 is 4.74 Å². The van der Waals surface area contributed by atoms with Gasteiger partial charge in [0.25, 0.3) is 0 Å². The Balaban J connectivity index is 1.46. The third-order valence-electron chi connectivity index (χ3n) is 6.64. The molecule has 3 rings (SSSR count). The minimum Gasteiger partial charge on any atom is -0.426 e. The Morgan fingerprint density at radius 3 is 1.93 bits per heavy atom. The zero-order valence-corrected chi connectivity index (χ0v) is 15.9. The maximum Gasteiger partial charge on any atom is 0.416 e. The zero-order valence-electron chi connectivity index (χ0n) is 15.9. The highest BCUT2D eigenvalue weighted by Gasteiger charge is 2.34. The van der Waals surface area contributed by atoms with Crippen LogP contribution in [-0.4, -0.2) is 5.97 Å². The monoisotopic (exact) mass is 382 g/mol. The average Bonchev–Trinajstić information content (AvgIpc) is 2.68. The molecule has 0 bridgehead atoms. The van der Waals surface area contributed by atoms with E-state index in [-0.39, 0.29) is 17.6 Å². The van der Waals surface area contributed by atoms with Crippen LogP contribution in [0.1, 0.15) is 70.3 Å². The summed E-state index contributed by atoms with van der Waals surface area (Å²) in [4.78, 5) is 12.4. The molecule has 0 heterocycles. The summed E-state index contributed by atoms with van der Waals surface area (Å²) in [7, 11) is 0. The van der Waals surface area contributed by atoms with E-state index in [4.69, 9.17) is 4.74 Å². The van der Waals surface area contributed by atoms with Crippen LogP contribution in [0.2, 0.25) is 0 Å². The van der Waals surface area contributed by atoms with Gasteiger partial charge in [0.15, 0.2) is 0 Å². The highest BCUT2D eigenvalue weighted by molar-refractivity contribution is 5.75. The lowest BCUT2D eigenvalue weighted by atomic mass is 9.69. The van der Waals surface area contributed by atoms with Crippen LogP contribution in [0.25, 0.3) is 0 Å². The van der Waals surface area contributed by atoms with Crippen molar-refractivity contribution in [3.63, 3.8) is 0 Å². The Bertz CT molecular complexity index is 607. The van der Waals surface area contributed by atoms with Crippen molar-refractivity contribution in [2.75, 3.05) is 0 Å². The molecule has 0 amide bonds. The second kappa shape index (κ2) is 8.66. The molecule has 0 unspecified atom stereocenters. The summed E-state index contributed by atoms with van der Waals surface area (Å²) in [5.74, 6) is 2.18. The number of hydrogen-bond acceptors (Lipinski definition) is 2. The number of halogens is 3. The lowest BCUT2D eigenvalue weighted by molar-refractivity contribution is -0.140. The van der Waals surface area contributed by atoms with Gasteiger partial charge in [-0.05, 0) is 80.5 Å². The van der Waals surface area contributed by atoms with Gasteiger partial charge in [0.2, 0.25) is 0 Å². The molecule has 0 radical (unpaired) electrons. The first-order valence-electron chi connectivity index (χ1n) is 10.3. The summed E-state index contributed by atoms with van der Waals surface area (Å²) >= 11 is 0. The summed E-state index contributed by atoms with van der Waals surface area (Å²) in [5.41, 5.74) is -0.736. The Morgan fingerprint density at radius 2 is 1.44 bits per heavy atom. The van der Waals surface area contributed by atoms with Crippen LogP contribution in [0.4, 0.5) is 13.2 Å². The van der Waals surface area contributed by atoms with Crippen molar-refractivity contribution in [3.05, 3.63) is 29.8 Å². The molecule has 0 aromatic heterocycles. The predicted molar refractivity (Wildman–Crippen MR) is 98.3 cm³/mol. The molecule has 0 atom stereocenters. The molecule has 5 heteroatoms. The molecule has 1 aromatic rings. The van der Waals surface area contributed by atoms with Gasteiger partial charge in [0, 0.05) is 0 Å². The number of carbonyl (C=O) groups is 1. The van der Waals surface area contributed by atoms with Crippen molar-refractivity contribution in [2.45, 2.75) is 70.9 Å². The van der Waals surface area contributed by atoms with Gasteiger partial charge in [-0.2, -0.15) is 13.2 Å². The molecule has 1 aromatic carbocycles. The van der Waals surface area contributed by atoms with Crippen molar-refractivity contribution >= 4 is 5.97 Å². The number of esters is 1. The maximum absolute atomic E-state index is 12.6. The topological polar surface area (TPSA) is 26.3 Å². The lowest BCUT2D eigenvalue weighted by Gasteiger charge is -2.37. The molecule has 2 fully saturated rings. The van der Waals surface area contributed by atoms with Gasteiger partial charge in [0.05, 0.1) is 11.5 Å². The van der Waals surface area contributed by atoms with E-state index >= 15 is 0 Å². The SMILES string of the molecule is CC[C@H]1CC[C@H]([C@H]2CC[C@H](C(=O)Oc3ccc(C(F)(F)F)cc3)CC2)CC1.